The molecule has 1 aromatic carbocycles. The van der Waals surface area contributed by atoms with Crippen LogP contribution in [-0.2, 0) is 10.8 Å². The first-order valence-electron chi connectivity index (χ1n) is 9.43. The lowest BCUT2D eigenvalue weighted by molar-refractivity contribution is 0.206. The van der Waals surface area contributed by atoms with E-state index in [2.05, 4.69) is 34.4 Å². The average Bonchev–Trinajstić information content (AvgIpc) is 2.64. The topological polar surface area (TPSA) is 56.7 Å². The Kier molecular flexibility index (Phi) is 12.1. The molecule has 1 atom stereocenters. The number of hydrogen-bond donors (Lipinski definition) is 2. The van der Waals surface area contributed by atoms with Crippen LogP contribution >= 0.6 is 24.0 Å². The average molecular weight is 492 g/mol. The largest absolute Gasteiger partial charge is 0.357 e. The van der Waals surface area contributed by atoms with Gasteiger partial charge in [-0.25, -0.2) is 0 Å². The van der Waals surface area contributed by atoms with Gasteiger partial charge in [-0.15, -0.1) is 24.0 Å². The second-order valence-corrected chi connectivity index (χ2v) is 7.95. The molecule has 0 amide bonds. The van der Waals surface area contributed by atoms with Crippen molar-refractivity contribution in [2.75, 3.05) is 38.5 Å². The van der Waals surface area contributed by atoms with Crippen molar-refractivity contribution >= 4 is 40.7 Å². The number of nitrogens with zero attached hydrogens (tertiary/aromatic N) is 2. The molecule has 7 heteroatoms. The van der Waals surface area contributed by atoms with Crippen molar-refractivity contribution in [2.45, 2.75) is 44.0 Å². The summed E-state index contributed by atoms with van der Waals surface area (Å²) in [4.78, 5) is 8.02. The molecule has 1 fully saturated rings. The molecular weight excluding hydrogens is 459 g/mol. The standard InChI is InChI=1S/C19H32N4OS.HI/c1-3-13-23-14-10-17(11-15-23)22-19(20-4-2)21-12-16-25(24)18-8-6-5-7-9-18;/h5-9,17H,3-4,10-16H2,1-2H3,(H2,20,21,22);1H. The Bertz CT molecular complexity index is 548. The van der Waals surface area contributed by atoms with Crippen LogP contribution in [0.4, 0.5) is 0 Å². The quantitative estimate of drug-likeness (QED) is 0.333. The fourth-order valence-electron chi connectivity index (χ4n) is 3.06. The molecule has 2 rings (SSSR count). The number of benzene rings is 1. The minimum absolute atomic E-state index is 0. The monoisotopic (exact) mass is 492 g/mol. The zero-order valence-electron chi connectivity index (χ0n) is 15.9. The minimum Gasteiger partial charge on any atom is -0.357 e. The molecule has 0 radical (unpaired) electrons. The lowest BCUT2D eigenvalue weighted by Gasteiger charge is -2.32. The lowest BCUT2D eigenvalue weighted by atomic mass is 10.1. The van der Waals surface area contributed by atoms with E-state index in [1.807, 2.05) is 30.3 Å². The summed E-state index contributed by atoms with van der Waals surface area (Å²) in [5, 5.41) is 6.85. The molecule has 1 heterocycles. The van der Waals surface area contributed by atoms with E-state index in [4.69, 9.17) is 0 Å². The van der Waals surface area contributed by atoms with Gasteiger partial charge < -0.3 is 15.5 Å². The van der Waals surface area contributed by atoms with Crippen LogP contribution in [0.25, 0.3) is 0 Å². The zero-order chi connectivity index (χ0) is 17.9. The molecule has 0 spiro atoms. The third-order valence-corrected chi connectivity index (χ3v) is 5.72. The van der Waals surface area contributed by atoms with E-state index in [-0.39, 0.29) is 24.0 Å². The van der Waals surface area contributed by atoms with Crippen molar-refractivity contribution in [3.05, 3.63) is 30.3 Å². The maximum absolute atomic E-state index is 12.3. The molecule has 0 aliphatic carbocycles. The Hall–Kier alpha value is -0.670. The summed E-state index contributed by atoms with van der Waals surface area (Å²) in [7, 11) is -0.987. The fourth-order valence-corrected chi connectivity index (χ4v) is 4.01. The molecule has 1 aliphatic rings. The van der Waals surface area contributed by atoms with Gasteiger partial charge in [0.15, 0.2) is 5.96 Å². The van der Waals surface area contributed by atoms with E-state index in [1.54, 1.807) is 0 Å². The van der Waals surface area contributed by atoms with Gasteiger partial charge in [-0.3, -0.25) is 9.20 Å². The molecule has 5 nitrogen and oxygen atoms in total. The van der Waals surface area contributed by atoms with Crippen LogP contribution in [0.2, 0.25) is 0 Å². The van der Waals surface area contributed by atoms with Crippen LogP contribution in [0.15, 0.2) is 40.2 Å². The summed E-state index contributed by atoms with van der Waals surface area (Å²) in [6.45, 7) is 9.22. The molecule has 0 bridgehead atoms. The Balaban J connectivity index is 0.00000338. The van der Waals surface area contributed by atoms with E-state index in [9.17, 15) is 4.21 Å². The summed E-state index contributed by atoms with van der Waals surface area (Å²) < 4.78 is 12.3. The molecule has 26 heavy (non-hydrogen) atoms. The second kappa shape index (κ2) is 13.5. The van der Waals surface area contributed by atoms with Gasteiger partial charge in [0, 0.05) is 36.3 Å². The van der Waals surface area contributed by atoms with Crippen LogP contribution in [0.5, 0.6) is 0 Å². The third-order valence-electron chi connectivity index (χ3n) is 4.37. The summed E-state index contributed by atoms with van der Waals surface area (Å²) in [5.41, 5.74) is 0. The highest BCUT2D eigenvalue weighted by atomic mass is 127. The highest BCUT2D eigenvalue weighted by Gasteiger charge is 2.19. The van der Waals surface area contributed by atoms with Crippen molar-refractivity contribution in [1.29, 1.82) is 0 Å². The van der Waals surface area contributed by atoms with Crippen molar-refractivity contribution in [3.63, 3.8) is 0 Å². The smallest absolute Gasteiger partial charge is 0.191 e. The first-order valence-corrected chi connectivity index (χ1v) is 10.8. The number of hydrogen-bond acceptors (Lipinski definition) is 3. The number of halogens is 1. The summed E-state index contributed by atoms with van der Waals surface area (Å²) in [6, 6.07) is 10.1. The summed E-state index contributed by atoms with van der Waals surface area (Å²) >= 11 is 0. The molecule has 2 N–H and O–H groups in total. The Labute approximate surface area is 177 Å². The van der Waals surface area contributed by atoms with Crippen LogP contribution in [0.1, 0.15) is 33.1 Å². The molecule has 148 valence electrons. The van der Waals surface area contributed by atoms with Gasteiger partial charge in [0.05, 0.1) is 17.3 Å². The lowest BCUT2D eigenvalue weighted by Crippen LogP contribution is -2.48. The van der Waals surface area contributed by atoms with Gasteiger partial charge in [-0.1, -0.05) is 25.1 Å². The van der Waals surface area contributed by atoms with Gasteiger partial charge >= 0.3 is 0 Å². The van der Waals surface area contributed by atoms with Crippen molar-refractivity contribution in [3.8, 4) is 0 Å². The molecule has 1 aliphatic heterocycles. The van der Waals surface area contributed by atoms with Crippen molar-refractivity contribution in [1.82, 2.24) is 15.5 Å². The van der Waals surface area contributed by atoms with Gasteiger partial charge in [0.25, 0.3) is 0 Å². The maximum Gasteiger partial charge on any atom is 0.191 e. The molecule has 1 saturated heterocycles. The first kappa shape index (κ1) is 23.4. The summed E-state index contributed by atoms with van der Waals surface area (Å²) in [5.74, 6) is 1.40. The number of likely N-dealkylation sites (tertiary alicyclic amines) is 1. The molecule has 1 aromatic rings. The summed E-state index contributed by atoms with van der Waals surface area (Å²) in [6.07, 6.45) is 3.53. The SMILES string of the molecule is CCCN1CCC(NC(=NCCS(=O)c2ccccc2)NCC)CC1.I. The van der Waals surface area contributed by atoms with Crippen LogP contribution in [0.3, 0.4) is 0 Å². The van der Waals surface area contributed by atoms with Gasteiger partial charge in [-0.05, 0) is 44.9 Å². The van der Waals surface area contributed by atoms with Gasteiger partial charge in [0.2, 0.25) is 0 Å². The third kappa shape index (κ3) is 8.35. The highest BCUT2D eigenvalue weighted by molar-refractivity contribution is 14.0. The van der Waals surface area contributed by atoms with E-state index in [1.165, 1.54) is 13.0 Å². The van der Waals surface area contributed by atoms with Gasteiger partial charge in [0.1, 0.15) is 0 Å². The van der Waals surface area contributed by atoms with Crippen LogP contribution in [-0.4, -0.2) is 59.6 Å². The van der Waals surface area contributed by atoms with Crippen LogP contribution < -0.4 is 10.6 Å². The Morgan fingerprint density at radius 2 is 1.92 bits per heavy atom. The molecule has 0 aromatic heterocycles. The van der Waals surface area contributed by atoms with E-state index in [0.29, 0.717) is 18.3 Å². The van der Waals surface area contributed by atoms with Crippen molar-refractivity contribution in [2.24, 2.45) is 4.99 Å². The number of piperidine rings is 1. The second-order valence-electron chi connectivity index (χ2n) is 6.38. The van der Waals surface area contributed by atoms with E-state index in [0.717, 1.165) is 43.3 Å². The number of guanidine groups is 1. The molecular formula is C19H33IN4OS. The number of nitrogens with one attached hydrogen (secondary N) is 2. The predicted molar refractivity (Wildman–Crippen MR) is 122 cm³/mol. The molecule has 0 saturated carbocycles. The molecule has 1 unspecified atom stereocenters. The Morgan fingerprint density at radius 1 is 1.23 bits per heavy atom. The number of aliphatic imine (C=N–C) groups is 1. The van der Waals surface area contributed by atoms with Crippen molar-refractivity contribution < 1.29 is 4.21 Å². The van der Waals surface area contributed by atoms with Crippen LogP contribution in [0, 0.1) is 0 Å². The normalized spacial score (nSPS) is 17.4. The van der Waals surface area contributed by atoms with Gasteiger partial charge in [-0.2, -0.15) is 0 Å². The Morgan fingerprint density at radius 3 is 2.54 bits per heavy atom. The number of rotatable bonds is 8. The minimum atomic E-state index is -0.987. The fraction of sp³-hybridized carbons (Fsp3) is 0.632. The zero-order valence-corrected chi connectivity index (χ0v) is 19.1. The van der Waals surface area contributed by atoms with E-state index < -0.39 is 10.8 Å². The highest BCUT2D eigenvalue weighted by Crippen LogP contribution is 2.10. The van der Waals surface area contributed by atoms with E-state index >= 15 is 0 Å². The predicted octanol–water partition coefficient (Wildman–Crippen LogP) is 2.84. The first-order chi connectivity index (χ1) is 12.2. The maximum atomic E-state index is 12.3.